The summed E-state index contributed by atoms with van der Waals surface area (Å²) in [7, 11) is 0. The molecule has 0 radical (unpaired) electrons. The smallest absolute Gasteiger partial charge is 0.0556 e. The Hall–Kier alpha value is 0.600. The third kappa shape index (κ3) is 10.5. The summed E-state index contributed by atoms with van der Waals surface area (Å²) >= 11 is 7.58. The van der Waals surface area contributed by atoms with E-state index < -0.39 is 0 Å². The van der Waals surface area contributed by atoms with Crippen molar-refractivity contribution < 1.29 is 4.74 Å². The van der Waals surface area contributed by atoms with Crippen LogP contribution in [0.5, 0.6) is 0 Å². The molecule has 80 valence electrons. The summed E-state index contributed by atoms with van der Waals surface area (Å²) in [6.45, 7) is 8.31. The fraction of sp³-hybridized carbons (Fsp3) is 1.00. The van der Waals surface area contributed by atoms with E-state index in [0.717, 1.165) is 31.3 Å². The van der Waals surface area contributed by atoms with Gasteiger partial charge in [0.25, 0.3) is 0 Å². The SMILES string of the molecule is CC(C)COCCSC(C)CCCl. The second-order valence-electron chi connectivity index (χ2n) is 3.63. The Labute approximate surface area is 91.6 Å². The minimum Gasteiger partial charge on any atom is -0.380 e. The summed E-state index contributed by atoms with van der Waals surface area (Å²) in [6, 6.07) is 0. The van der Waals surface area contributed by atoms with E-state index in [9.17, 15) is 0 Å². The van der Waals surface area contributed by atoms with Crippen molar-refractivity contribution in [3.05, 3.63) is 0 Å². The molecule has 0 saturated heterocycles. The zero-order valence-electron chi connectivity index (χ0n) is 8.88. The first-order valence-electron chi connectivity index (χ1n) is 4.92. The van der Waals surface area contributed by atoms with Gasteiger partial charge in [0.1, 0.15) is 0 Å². The molecule has 0 N–H and O–H groups in total. The van der Waals surface area contributed by atoms with Gasteiger partial charge in [0, 0.05) is 23.5 Å². The van der Waals surface area contributed by atoms with Gasteiger partial charge < -0.3 is 4.74 Å². The Morgan fingerprint density at radius 2 is 2.00 bits per heavy atom. The molecule has 0 aliphatic rings. The van der Waals surface area contributed by atoms with E-state index in [4.69, 9.17) is 16.3 Å². The van der Waals surface area contributed by atoms with Crippen LogP contribution in [0, 0.1) is 5.92 Å². The van der Waals surface area contributed by atoms with Crippen molar-refractivity contribution >= 4 is 23.4 Å². The van der Waals surface area contributed by atoms with E-state index in [2.05, 4.69) is 20.8 Å². The first-order chi connectivity index (χ1) is 6.16. The standard InChI is InChI=1S/C10H21ClOS/c1-9(2)8-12-6-7-13-10(3)4-5-11/h9-10H,4-8H2,1-3H3. The highest BCUT2D eigenvalue weighted by atomic mass is 35.5. The summed E-state index contributed by atoms with van der Waals surface area (Å²) in [5.74, 6) is 2.50. The van der Waals surface area contributed by atoms with Crippen LogP contribution in [0.2, 0.25) is 0 Å². The summed E-state index contributed by atoms with van der Waals surface area (Å²) < 4.78 is 5.47. The van der Waals surface area contributed by atoms with Crippen LogP contribution in [0.25, 0.3) is 0 Å². The molecule has 0 rings (SSSR count). The van der Waals surface area contributed by atoms with Gasteiger partial charge in [-0.3, -0.25) is 0 Å². The number of thioether (sulfide) groups is 1. The number of alkyl halides is 1. The normalized spacial score (nSPS) is 13.6. The Bertz CT molecular complexity index is 109. The Morgan fingerprint density at radius 1 is 1.31 bits per heavy atom. The zero-order chi connectivity index (χ0) is 10.1. The van der Waals surface area contributed by atoms with E-state index >= 15 is 0 Å². The molecule has 0 aromatic carbocycles. The molecule has 0 amide bonds. The van der Waals surface area contributed by atoms with E-state index in [1.807, 2.05) is 11.8 Å². The third-order valence-electron chi connectivity index (χ3n) is 1.60. The summed E-state index contributed by atoms with van der Waals surface area (Å²) in [4.78, 5) is 0. The summed E-state index contributed by atoms with van der Waals surface area (Å²) in [5.41, 5.74) is 0. The lowest BCUT2D eigenvalue weighted by molar-refractivity contribution is 0.124. The molecule has 13 heavy (non-hydrogen) atoms. The molecule has 1 atom stereocenters. The molecule has 0 aliphatic carbocycles. The zero-order valence-corrected chi connectivity index (χ0v) is 10.5. The van der Waals surface area contributed by atoms with Crippen molar-refractivity contribution in [2.24, 2.45) is 5.92 Å². The molecule has 0 aliphatic heterocycles. The van der Waals surface area contributed by atoms with Crippen LogP contribution in [-0.2, 0) is 4.74 Å². The molecule has 0 aromatic rings. The van der Waals surface area contributed by atoms with Crippen molar-refractivity contribution in [1.29, 1.82) is 0 Å². The quantitative estimate of drug-likeness (QED) is 0.462. The van der Waals surface area contributed by atoms with Crippen molar-refractivity contribution in [3.8, 4) is 0 Å². The fourth-order valence-corrected chi connectivity index (χ4v) is 2.22. The van der Waals surface area contributed by atoms with Gasteiger partial charge in [-0.2, -0.15) is 11.8 Å². The van der Waals surface area contributed by atoms with Gasteiger partial charge in [0.15, 0.2) is 0 Å². The van der Waals surface area contributed by atoms with Crippen LogP contribution >= 0.6 is 23.4 Å². The van der Waals surface area contributed by atoms with Crippen LogP contribution in [-0.4, -0.2) is 30.1 Å². The molecular weight excluding hydrogens is 204 g/mol. The highest BCUT2D eigenvalue weighted by Crippen LogP contribution is 2.14. The monoisotopic (exact) mass is 224 g/mol. The minimum absolute atomic E-state index is 0.644. The van der Waals surface area contributed by atoms with Crippen molar-refractivity contribution in [3.63, 3.8) is 0 Å². The number of halogens is 1. The number of rotatable bonds is 8. The van der Waals surface area contributed by atoms with E-state index in [-0.39, 0.29) is 0 Å². The second-order valence-corrected chi connectivity index (χ2v) is 5.55. The number of ether oxygens (including phenoxy) is 1. The maximum atomic E-state index is 5.63. The topological polar surface area (TPSA) is 9.23 Å². The average molecular weight is 225 g/mol. The van der Waals surface area contributed by atoms with Gasteiger partial charge in [-0.25, -0.2) is 0 Å². The van der Waals surface area contributed by atoms with Gasteiger partial charge in [-0.15, -0.1) is 11.6 Å². The van der Waals surface area contributed by atoms with Crippen LogP contribution in [0.1, 0.15) is 27.2 Å². The van der Waals surface area contributed by atoms with Crippen molar-refractivity contribution in [2.45, 2.75) is 32.4 Å². The second kappa shape index (κ2) is 9.17. The molecule has 1 unspecified atom stereocenters. The third-order valence-corrected chi connectivity index (χ3v) is 3.02. The molecule has 0 heterocycles. The fourth-order valence-electron chi connectivity index (χ4n) is 0.864. The molecule has 0 aromatic heterocycles. The lowest BCUT2D eigenvalue weighted by atomic mass is 10.2. The Morgan fingerprint density at radius 3 is 2.54 bits per heavy atom. The van der Waals surface area contributed by atoms with Crippen molar-refractivity contribution in [2.75, 3.05) is 24.8 Å². The van der Waals surface area contributed by atoms with Gasteiger partial charge in [0.05, 0.1) is 6.61 Å². The highest BCUT2D eigenvalue weighted by molar-refractivity contribution is 7.99. The first-order valence-corrected chi connectivity index (χ1v) is 6.50. The van der Waals surface area contributed by atoms with Gasteiger partial charge >= 0.3 is 0 Å². The summed E-state index contributed by atoms with van der Waals surface area (Å²) in [5, 5.41) is 0.667. The van der Waals surface area contributed by atoms with Crippen LogP contribution in [0.3, 0.4) is 0 Å². The van der Waals surface area contributed by atoms with Gasteiger partial charge in [-0.05, 0) is 12.3 Å². The Balaban J connectivity index is 3.06. The molecule has 0 saturated carbocycles. The Kier molecular flexibility index (Phi) is 9.59. The highest BCUT2D eigenvalue weighted by Gasteiger charge is 2.01. The molecule has 0 fully saturated rings. The molecule has 0 bridgehead atoms. The molecular formula is C10H21ClOS. The van der Waals surface area contributed by atoms with E-state index in [0.29, 0.717) is 11.2 Å². The molecule has 1 nitrogen and oxygen atoms in total. The van der Waals surface area contributed by atoms with Gasteiger partial charge in [0.2, 0.25) is 0 Å². The lowest BCUT2D eigenvalue weighted by Gasteiger charge is -2.10. The largest absolute Gasteiger partial charge is 0.380 e. The van der Waals surface area contributed by atoms with Crippen molar-refractivity contribution in [1.82, 2.24) is 0 Å². The molecule has 0 spiro atoms. The van der Waals surface area contributed by atoms with Crippen LogP contribution in [0.4, 0.5) is 0 Å². The maximum absolute atomic E-state index is 5.63. The average Bonchev–Trinajstić information content (AvgIpc) is 2.03. The maximum Gasteiger partial charge on any atom is 0.0556 e. The number of hydrogen-bond acceptors (Lipinski definition) is 2. The van der Waals surface area contributed by atoms with Crippen LogP contribution in [0.15, 0.2) is 0 Å². The van der Waals surface area contributed by atoms with E-state index in [1.54, 1.807) is 0 Å². The summed E-state index contributed by atoms with van der Waals surface area (Å²) in [6.07, 6.45) is 1.09. The predicted molar refractivity (Wildman–Crippen MR) is 62.9 cm³/mol. The first kappa shape index (κ1) is 13.6. The van der Waals surface area contributed by atoms with Crippen LogP contribution < -0.4 is 0 Å². The predicted octanol–water partition coefficient (Wildman–Crippen LogP) is 3.41. The van der Waals surface area contributed by atoms with Gasteiger partial charge in [-0.1, -0.05) is 20.8 Å². The lowest BCUT2D eigenvalue weighted by Crippen LogP contribution is -2.07. The van der Waals surface area contributed by atoms with E-state index in [1.165, 1.54) is 0 Å². The number of hydrogen-bond donors (Lipinski definition) is 0. The molecule has 3 heteroatoms. The minimum atomic E-state index is 0.644.